The molecule has 1 atom stereocenters. The molecule has 1 rings (SSSR count). The van der Waals surface area contributed by atoms with Crippen molar-refractivity contribution in [2.75, 3.05) is 12.3 Å². The van der Waals surface area contributed by atoms with E-state index in [2.05, 4.69) is 4.72 Å². The minimum Gasteiger partial charge on any atom is -0.399 e. The van der Waals surface area contributed by atoms with Crippen LogP contribution in [0.1, 0.15) is 19.4 Å². The smallest absolute Gasteiger partial charge is 0.241 e. The zero-order valence-corrected chi connectivity index (χ0v) is 10.8. The number of hydrogen-bond donors (Lipinski definition) is 3. The van der Waals surface area contributed by atoms with Gasteiger partial charge in [-0.3, -0.25) is 0 Å². The monoisotopic (exact) mass is 258 g/mol. The molecule has 0 saturated heterocycles. The molecule has 0 fully saturated rings. The molecule has 0 bridgehead atoms. The van der Waals surface area contributed by atoms with Gasteiger partial charge in [0.05, 0.1) is 11.0 Å². The number of rotatable bonds is 5. The molecule has 0 aliphatic carbocycles. The predicted octanol–water partition coefficient (Wildman–Crippen LogP) is 0.490. The average Bonchev–Trinajstić information content (AvgIpc) is 2.26. The first-order valence-corrected chi connectivity index (χ1v) is 6.91. The highest BCUT2D eigenvalue weighted by Crippen LogP contribution is 2.19. The van der Waals surface area contributed by atoms with Gasteiger partial charge in [-0.1, -0.05) is 13.0 Å². The van der Waals surface area contributed by atoms with Crippen LogP contribution in [0.4, 0.5) is 5.69 Å². The minimum absolute atomic E-state index is 0.0136. The fraction of sp³-hybridized carbons (Fsp3) is 0.455. The van der Waals surface area contributed by atoms with Crippen LogP contribution in [0.25, 0.3) is 0 Å². The van der Waals surface area contributed by atoms with Crippen molar-refractivity contribution in [2.45, 2.75) is 31.3 Å². The summed E-state index contributed by atoms with van der Waals surface area (Å²) in [7, 11) is -3.61. The van der Waals surface area contributed by atoms with Crippen molar-refractivity contribution in [3.05, 3.63) is 23.8 Å². The zero-order valence-electron chi connectivity index (χ0n) is 9.97. The molecule has 96 valence electrons. The van der Waals surface area contributed by atoms with E-state index in [4.69, 9.17) is 10.8 Å². The van der Waals surface area contributed by atoms with E-state index in [1.165, 1.54) is 13.0 Å². The van der Waals surface area contributed by atoms with E-state index in [0.717, 1.165) is 0 Å². The van der Waals surface area contributed by atoms with Crippen molar-refractivity contribution < 1.29 is 13.5 Å². The summed E-state index contributed by atoms with van der Waals surface area (Å²) in [6.07, 6.45) is -0.124. The summed E-state index contributed by atoms with van der Waals surface area (Å²) in [4.78, 5) is 0.181. The van der Waals surface area contributed by atoms with Gasteiger partial charge in [0, 0.05) is 12.2 Å². The first kappa shape index (κ1) is 14.0. The zero-order chi connectivity index (χ0) is 13.1. The number of aryl methyl sites for hydroxylation is 1. The van der Waals surface area contributed by atoms with Crippen LogP contribution in [0.3, 0.4) is 0 Å². The first-order chi connectivity index (χ1) is 7.86. The van der Waals surface area contributed by atoms with Gasteiger partial charge in [-0.2, -0.15) is 0 Å². The van der Waals surface area contributed by atoms with E-state index in [0.29, 0.717) is 17.7 Å². The molecule has 0 saturated carbocycles. The van der Waals surface area contributed by atoms with Crippen molar-refractivity contribution in [1.29, 1.82) is 0 Å². The third-order valence-electron chi connectivity index (χ3n) is 2.33. The second kappa shape index (κ2) is 5.48. The maximum absolute atomic E-state index is 12.0. The van der Waals surface area contributed by atoms with Crippen LogP contribution in [0.15, 0.2) is 23.1 Å². The lowest BCUT2D eigenvalue weighted by Gasteiger charge is -2.12. The molecule has 0 amide bonds. The van der Waals surface area contributed by atoms with Gasteiger partial charge in [0.1, 0.15) is 0 Å². The van der Waals surface area contributed by atoms with Crippen LogP contribution < -0.4 is 10.5 Å². The Morgan fingerprint density at radius 2 is 2.12 bits per heavy atom. The highest BCUT2D eigenvalue weighted by atomic mass is 32.2. The van der Waals surface area contributed by atoms with Crippen LogP contribution in [0, 0.1) is 0 Å². The van der Waals surface area contributed by atoms with Gasteiger partial charge in [0.2, 0.25) is 10.0 Å². The summed E-state index contributed by atoms with van der Waals surface area (Å²) in [6.45, 7) is 3.38. The Morgan fingerprint density at radius 1 is 1.47 bits per heavy atom. The Kier molecular flexibility index (Phi) is 4.50. The van der Waals surface area contributed by atoms with E-state index in [-0.39, 0.29) is 11.4 Å². The number of benzene rings is 1. The third-order valence-corrected chi connectivity index (χ3v) is 3.84. The Balaban J connectivity index is 3.09. The first-order valence-electron chi connectivity index (χ1n) is 5.43. The van der Waals surface area contributed by atoms with Gasteiger partial charge in [0.25, 0.3) is 0 Å². The topological polar surface area (TPSA) is 92.4 Å². The molecule has 0 spiro atoms. The summed E-state index contributed by atoms with van der Waals surface area (Å²) in [5.41, 5.74) is 6.70. The number of nitrogens with one attached hydrogen (secondary N) is 1. The Labute approximate surface area is 102 Å². The summed E-state index contributed by atoms with van der Waals surface area (Å²) in [6, 6.07) is 4.81. The highest BCUT2D eigenvalue weighted by molar-refractivity contribution is 7.89. The van der Waals surface area contributed by atoms with Gasteiger partial charge < -0.3 is 10.8 Å². The highest BCUT2D eigenvalue weighted by Gasteiger charge is 2.18. The van der Waals surface area contributed by atoms with Crippen molar-refractivity contribution in [3.8, 4) is 0 Å². The molecule has 1 aromatic rings. The molecule has 0 heterocycles. The molecule has 1 aromatic carbocycles. The molecule has 17 heavy (non-hydrogen) atoms. The number of nitrogen functional groups attached to an aromatic ring is 1. The lowest BCUT2D eigenvalue weighted by atomic mass is 10.1. The molecule has 0 aromatic heterocycles. The minimum atomic E-state index is -3.61. The van der Waals surface area contributed by atoms with Gasteiger partial charge in [-0.15, -0.1) is 0 Å². The lowest BCUT2D eigenvalue weighted by molar-refractivity contribution is 0.198. The van der Waals surface area contributed by atoms with Crippen LogP contribution in [-0.4, -0.2) is 26.2 Å². The number of anilines is 1. The molecule has 5 nitrogen and oxygen atoms in total. The second-order valence-corrected chi connectivity index (χ2v) is 5.66. The fourth-order valence-electron chi connectivity index (χ4n) is 1.42. The standard InChI is InChI=1S/C11H18N2O3S/c1-3-9-4-5-10(12)6-11(9)17(15,16)13-7-8(2)14/h4-6,8,13-14H,3,7,12H2,1-2H3/t8-/m0/s1. The van der Waals surface area contributed by atoms with Crippen LogP contribution in [0.5, 0.6) is 0 Å². The summed E-state index contributed by atoms with van der Waals surface area (Å²) >= 11 is 0. The number of sulfonamides is 1. The second-order valence-electron chi connectivity index (χ2n) is 3.92. The normalized spacial score (nSPS) is 13.6. The molecule has 0 radical (unpaired) electrons. The Hall–Kier alpha value is -1.11. The van der Waals surface area contributed by atoms with Crippen LogP contribution in [-0.2, 0) is 16.4 Å². The van der Waals surface area contributed by atoms with Crippen LogP contribution in [0.2, 0.25) is 0 Å². The quantitative estimate of drug-likeness (QED) is 0.670. The molecule has 0 aliphatic heterocycles. The van der Waals surface area contributed by atoms with Gasteiger partial charge in [0.15, 0.2) is 0 Å². The molecular weight excluding hydrogens is 240 g/mol. The van der Waals surface area contributed by atoms with Crippen molar-refractivity contribution in [2.24, 2.45) is 0 Å². The SMILES string of the molecule is CCc1ccc(N)cc1S(=O)(=O)NC[C@H](C)O. The Bertz CT molecular complexity index is 483. The maximum atomic E-state index is 12.0. The van der Waals surface area contributed by atoms with Crippen molar-refractivity contribution >= 4 is 15.7 Å². The van der Waals surface area contributed by atoms with Gasteiger partial charge >= 0.3 is 0 Å². The van der Waals surface area contributed by atoms with E-state index in [1.807, 2.05) is 6.92 Å². The van der Waals surface area contributed by atoms with Crippen molar-refractivity contribution in [1.82, 2.24) is 4.72 Å². The maximum Gasteiger partial charge on any atom is 0.241 e. The molecule has 0 unspecified atom stereocenters. The van der Waals surface area contributed by atoms with E-state index >= 15 is 0 Å². The summed E-state index contributed by atoms with van der Waals surface area (Å²) in [5, 5.41) is 9.09. The fourth-order valence-corrected chi connectivity index (χ4v) is 2.89. The number of nitrogens with two attached hydrogens (primary N) is 1. The van der Waals surface area contributed by atoms with E-state index in [1.54, 1.807) is 12.1 Å². The van der Waals surface area contributed by atoms with Gasteiger partial charge in [-0.25, -0.2) is 13.1 Å². The summed E-state index contributed by atoms with van der Waals surface area (Å²) in [5.74, 6) is 0. The van der Waals surface area contributed by atoms with E-state index in [9.17, 15) is 8.42 Å². The molecule has 6 heteroatoms. The lowest BCUT2D eigenvalue weighted by Crippen LogP contribution is -2.31. The molecule has 0 aliphatic rings. The third kappa shape index (κ3) is 3.69. The van der Waals surface area contributed by atoms with Crippen LogP contribution >= 0.6 is 0 Å². The number of aliphatic hydroxyl groups is 1. The molecular formula is C11H18N2O3S. The molecule has 4 N–H and O–H groups in total. The Morgan fingerprint density at radius 3 is 2.65 bits per heavy atom. The average molecular weight is 258 g/mol. The largest absolute Gasteiger partial charge is 0.399 e. The number of aliphatic hydroxyl groups excluding tert-OH is 1. The van der Waals surface area contributed by atoms with Crippen molar-refractivity contribution in [3.63, 3.8) is 0 Å². The number of hydrogen-bond acceptors (Lipinski definition) is 4. The summed E-state index contributed by atoms with van der Waals surface area (Å²) < 4.78 is 26.3. The van der Waals surface area contributed by atoms with Gasteiger partial charge in [-0.05, 0) is 31.0 Å². The predicted molar refractivity (Wildman–Crippen MR) is 67.1 cm³/mol. The van der Waals surface area contributed by atoms with E-state index < -0.39 is 16.1 Å².